The number of nitrogens with one attached hydrogen (secondary N) is 2. The SMILES string of the molecule is Cc1ccc(N2C(=O)c3ccc(N/N=C(\C#N)C(=N)N)cc3C2=O)cc1. The first kappa shape index (κ1) is 16.9. The zero-order valence-electron chi connectivity index (χ0n) is 13.8. The van der Waals surface area contributed by atoms with Crippen molar-refractivity contribution in [2.45, 2.75) is 6.92 Å². The second-order valence-electron chi connectivity index (χ2n) is 5.64. The van der Waals surface area contributed by atoms with Crippen LogP contribution < -0.4 is 16.1 Å². The van der Waals surface area contributed by atoms with Gasteiger partial charge in [-0.1, -0.05) is 17.7 Å². The number of nitrogens with two attached hydrogens (primary N) is 1. The van der Waals surface area contributed by atoms with Crippen molar-refractivity contribution in [1.82, 2.24) is 0 Å². The molecule has 0 aromatic heterocycles. The molecule has 1 aliphatic heterocycles. The molecule has 0 bridgehead atoms. The number of benzene rings is 2. The molecule has 2 aromatic rings. The summed E-state index contributed by atoms with van der Waals surface area (Å²) >= 11 is 0. The molecule has 1 aliphatic rings. The zero-order valence-corrected chi connectivity index (χ0v) is 13.8. The second-order valence-corrected chi connectivity index (χ2v) is 5.64. The summed E-state index contributed by atoms with van der Waals surface area (Å²) in [5.41, 5.74) is 9.94. The van der Waals surface area contributed by atoms with E-state index in [-0.39, 0.29) is 16.8 Å². The summed E-state index contributed by atoms with van der Waals surface area (Å²) in [5, 5.41) is 19.8. The molecule has 8 nitrogen and oxygen atoms in total. The molecule has 0 radical (unpaired) electrons. The van der Waals surface area contributed by atoms with Gasteiger partial charge in [-0.15, -0.1) is 0 Å². The topological polar surface area (TPSA) is 135 Å². The molecule has 2 amide bonds. The van der Waals surface area contributed by atoms with E-state index in [1.54, 1.807) is 24.3 Å². The number of amides is 2. The molecule has 0 unspecified atom stereocenters. The number of hydrazone groups is 1. The van der Waals surface area contributed by atoms with Crippen LogP contribution in [0.5, 0.6) is 0 Å². The van der Waals surface area contributed by atoms with E-state index in [2.05, 4.69) is 10.5 Å². The number of amidine groups is 1. The number of rotatable bonds is 4. The smallest absolute Gasteiger partial charge is 0.266 e. The van der Waals surface area contributed by atoms with E-state index in [0.717, 1.165) is 10.5 Å². The number of aryl methyl sites for hydroxylation is 1. The van der Waals surface area contributed by atoms with Gasteiger partial charge in [-0.2, -0.15) is 10.4 Å². The Balaban J connectivity index is 1.92. The maximum atomic E-state index is 12.7. The van der Waals surface area contributed by atoms with Gasteiger partial charge in [-0.3, -0.25) is 20.4 Å². The van der Waals surface area contributed by atoms with E-state index < -0.39 is 17.6 Å². The maximum Gasteiger partial charge on any atom is 0.266 e. The van der Waals surface area contributed by atoms with Crippen LogP contribution in [-0.2, 0) is 0 Å². The fraction of sp³-hybridized carbons (Fsp3) is 0.0556. The monoisotopic (exact) mass is 346 g/mol. The van der Waals surface area contributed by atoms with Crippen molar-refractivity contribution in [3.8, 4) is 6.07 Å². The number of nitrogens with zero attached hydrogens (tertiary/aromatic N) is 3. The normalized spacial score (nSPS) is 13.4. The number of hydrogen-bond acceptors (Lipinski definition) is 6. The lowest BCUT2D eigenvalue weighted by molar-refractivity contribution is 0.0926. The minimum Gasteiger partial charge on any atom is -0.382 e. The third-order valence-electron chi connectivity index (χ3n) is 3.84. The van der Waals surface area contributed by atoms with Crippen LogP contribution in [0.15, 0.2) is 47.6 Å². The van der Waals surface area contributed by atoms with Gasteiger partial charge in [-0.05, 0) is 37.3 Å². The molecule has 0 spiro atoms. The molecular formula is C18H14N6O2. The first-order valence-electron chi connectivity index (χ1n) is 7.60. The Hall–Kier alpha value is -3.99. The molecule has 1 heterocycles. The van der Waals surface area contributed by atoms with Crippen molar-refractivity contribution >= 4 is 34.7 Å². The molecule has 0 aliphatic carbocycles. The minimum atomic E-state index is -0.474. The molecule has 2 aromatic carbocycles. The van der Waals surface area contributed by atoms with E-state index in [1.807, 2.05) is 19.1 Å². The fourth-order valence-electron chi connectivity index (χ4n) is 2.50. The summed E-state index contributed by atoms with van der Waals surface area (Å²) in [7, 11) is 0. The summed E-state index contributed by atoms with van der Waals surface area (Å²) in [6.07, 6.45) is 0. The average molecular weight is 346 g/mol. The van der Waals surface area contributed by atoms with E-state index in [1.165, 1.54) is 12.1 Å². The standard InChI is InChI=1S/C18H14N6O2/c1-10-2-5-12(6-3-10)24-17(25)13-7-4-11(8-14(13)18(24)26)22-23-15(9-19)16(20)21/h2-8,22H,1H3,(H3,20,21)/b23-15+. The van der Waals surface area contributed by atoms with Gasteiger partial charge >= 0.3 is 0 Å². The highest BCUT2D eigenvalue weighted by molar-refractivity contribution is 6.45. The summed E-state index contributed by atoms with van der Waals surface area (Å²) in [6.45, 7) is 1.92. The van der Waals surface area contributed by atoms with Gasteiger partial charge in [-0.25, -0.2) is 4.90 Å². The Kier molecular flexibility index (Phi) is 4.21. The van der Waals surface area contributed by atoms with Crippen LogP contribution >= 0.6 is 0 Å². The van der Waals surface area contributed by atoms with Crippen LogP contribution in [0.25, 0.3) is 0 Å². The summed E-state index contributed by atoms with van der Waals surface area (Å²) < 4.78 is 0. The molecule has 3 rings (SSSR count). The lowest BCUT2D eigenvalue weighted by atomic mass is 10.1. The number of carbonyl (C=O) groups excluding carboxylic acids is 2. The molecule has 26 heavy (non-hydrogen) atoms. The molecule has 0 saturated carbocycles. The Morgan fingerprint density at radius 1 is 1.15 bits per heavy atom. The lowest BCUT2D eigenvalue weighted by Crippen LogP contribution is -2.29. The Labute approximate surface area is 149 Å². The van der Waals surface area contributed by atoms with Crippen LogP contribution in [0, 0.1) is 23.7 Å². The van der Waals surface area contributed by atoms with Crippen molar-refractivity contribution in [3.05, 3.63) is 59.2 Å². The van der Waals surface area contributed by atoms with Gasteiger partial charge in [0.2, 0.25) is 5.71 Å². The Morgan fingerprint density at radius 2 is 1.81 bits per heavy atom. The summed E-state index contributed by atoms with van der Waals surface area (Å²) in [6, 6.07) is 13.3. The van der Waals surface area contributed by atoms with Crippen LogP contribution in [-0.4, -0.2) is 23.4 Å². The molecular weight excluding hydrogens is 332 g/mol. The van der Waals surface area contributed by atoms with Gasteiger partial charge in [0.05, 0.1) is 22.5 Å². The van der Waals surface area contributed by atoms with E-state index in [4.69, 9.17) is 16.4 Å². The number of carbonyl (C=O) groups is 2. The first-order chi connectivity index (χ1) is 12.4. The van der Waals surface area contributed by atoms with Gasteiger partial charge in [0, 0.05) is 0 Å². The highest BCUT2D eigenvalue weighted by Gasteiger charge is 2.36. The minimum absolute atomic E-state index is 0.233. The number of nitriles is 1. The molecule has 8 heteroatoms. The van der Waals surface area contributed by atoms with Gasteiger partial charge in [0.25, 0.3) is 11.8 Å². The number of imide groups is 1. The number of hydrogen-bond donors (Lipinski definition) is 3. The zero-order chi connectivity index (χ0) is 18.8. The number of anilines is 2. The highest BCUT2D eigenvalue weighted by atomic mass is 16.2. The maximum absolute atomic E-state index is 12.7. The summed E-state index contributed by atoms with van der Waals surface area (Å²) in [5.74, 6) is -1.31. The Bertz CT molecular complexity index is 1000. The van der Waals surface area contributed by atoms with Gasteiger partial charge in [0.1, 0.15) is 6.07 Å². The number of fused-ring (bicyclic) bond motifs is 1. The quantitative estimate of drug-likeness (QED) is 0.337. The highest BCUT2D eigenvalue weighted by Crippen LogP contribution is 2.30. The van der Waals surface area contributed by atoms with Crippen molar-refractivity contribution < 1.29 is 9.59 Å². The molecule has 0 saturated heterocycles. The lowest BCUT2D eigenvalue weighted by Gasteiger charge is -2.13. The van der Waals surface area contributed by atoms with E-state index in [9.17, 15) is 9.59 Å². The van der Waals surface area contributed by atoms with Crippen molar-refractivity contribution in [2.24, 2.45) is 10.8 Å². The first-order valence-corrected chi connectivity index (χ1v) is 7.60. The van der Waals surface area contributed by atoms with Gasteiger partial charge in [0.15, 0.2) is 5.84 Å². The van der Waals surface area contributed by atoms with E-state index >= 15 is 0 Å². The fourth-order valence-corrected chi connectivity index (χ4v) is 2.50. The largest absolute Gasteiger partial charge is 0.382 e. The predicted molar refractivity (Wildman–Crippen MR) is 97.3 cm³/mol. The van der Waals surface area contributed by atoms with E-state index in [0.29, 0.717) is 11.4 Å². The molecule has 0 fully saturated rings. The van der Waals surface area contributed by atoms with Gasteiger partial charge < -0.3 is 5.73 Å². The van der Waals surface area contributed by atoms with Crippen LogP contribution in [0.3, 0.4) is 0 Å². The molecule has 4 N–H and O–H groups in total. The van der Waals surface area contributed by atoms with Crippen molar-refractivity contribution in [2.75, 3.05) is 10.3 Å². The summed E-state index contributed by atoms with van der Waals surface area (Å²) in [4.78, 5) is 26.4. The average Bonchev–Trinajstić information content (AvgIpc) is 2.87. The van der Waals surface area contributed by atoms with Crippen LogP contribution in [0.1, 0.15) is 26.3 Å². The van der Waals surface area contributed by atoms with Crippen molar-refractivity contribution in [1.29, 1.82) is 10.7 Å². The van der Waals surface area contributed by atoms with Crippen molar-refractivity contribution in [3.63, 3.8) is 0 Å². The van der Waals surface area contributed by atoms with Crippen LogP contribution in [0.4, 0.5) is 11.4 Å². The Morgan fingerprint density at radius 3 is 2.42 bits per heavy atom. The van der Waals surface area contributed by atoms with Crippen LogP contribution in [0.2, 0.25) is 0 Å². The molecule has 128 valence electrons. The third-order valence-corrected chi connectivity index (χ3v) is 3.84. The second kappa shape index (κ2) is 6.49. The molecule has 0 atom stereocenters. The predicted octanol–water partition coefficient (Wildman–Crippen LogP) is 2.02. The third kappa shape index (κ3) is 2.89.